The van der Waals surface area contributed by atoms with Crippen LogP contribution in [0.3, 0.4) is 0 Å². The number of para-hydroxylation sites is 1. The van der Waals surface area contributed by atoms with Crippen LogP contribution < -0.4 is 23.7 Å². The summed E-state index contributed by atoms with van der Waals surface area (Å²) in [6.45, 7) is 4.21. The molecule has 0 aliphatic carbocycles. The quantitative estimate of drug-likeness (QED) is 0.393. The number of nitrogens with zero attached hydrogens (tertiary/aromatic N) is 1. The van der Waals surface area contributed by atoms with Crippen molar-refractivity contribution in [1.82, 2.24) is 4.90 Å². The van der Waals surface area contributed by atoms with Crippen LogP contribution in [0.5, 0.6) is 28.7 Å². The summed E-state index contributed by atoms with van der Waals surface area (Å²) in [5.74, 6) is 2.73. The number of hydrogen-bond acceptors (Lipinski definition) is 7. The average molecular weight is 474 g/mol. The number of rotatable bonds is 5. The second-order valence-electron chi connectivity index (χ2n) is 8.90. The molecule has 7 nitrogen and oxygen atoms in total. The summed E-state index contributed by atoms with van der Waals surface area (Å²) < 4.78 is 28.5. The summed E-state index contributed by atoms with van der Waals surface area (Å²) in [5, 5.41) is 0. The van der Waals surface area contributed by atoms with E-state index < -0.39 is 5.97 Å². The van der Waals surface area contributed by atoms with E-state index in [-0.39, 0.29) is 12.8 Å². The molecule has 1 unspecified atom stereocenters. The average Bonchev–Trinajstić information content (AvgIpc) is 3.34. The summed E-state index contributed by atoms with van der Waals surface area (Å²) in [4.78, 5) is 15.7. The molecule has 1 atom stereocenters. The van der Waals surface area contributed by atoms with Gasteiger partial charge in [0.15, 0.2) is 23.0 Å². The van der Waals surface area contributed by atoms with Crippen LogP contribution in [-0.2, 0) is 19.4 Å². The Kier molecular flexibility index (Phi) is 5.49. The number of methoxy groups -OCH3 is 1. The maximum atomic E-state index is 13.2. The molecule has 3 aromatic carbocycles. The molecule has 3 heterocycles. The monoisotopic (exact) mass is 473 g/mol. The van der Waals surface area contributed by atoms with Gasteiger partial charge in [0.05, 0.1) is 13.7 Å². The van der Waals surface area contributed by atoms with E-state index in [0.29, 0.717) is 36.0 Å². The predicted octanol–water partition coefficient (Wildman–Crippen LogP) is 4.70. The summed E-state index contributed by atoms with van der Waals surface area (Å²) in [5.41, 5.74) is 5.13. The Labute approximate surface area is 204 Å². The molecule has 0 N–H and O–H groups in total. The second-order valence-corrected chi connectivity index (χ2v) is 8.90. The van der Waals surface area contributed by atoms with Gasteiger partial charge in [-0.05, 0) is 66.8 Å². The van der Waals surface area contributed by atoms with Gasteiger partial charge in [-0.25, -0.2) is 4.79 Å². The van der Waals surface area contributed by atoms with E-state index in [0.717, 1.165) is 42.0 Å². The minimum Gasteiger partial charge on any atom is -0.493 e. The number of benzene rings is 3. The molecule has 35 heavy (non-hydrogen) atoms. The standard InChI is InChI=1S/C28H27NO6/c1-3-32-23-7-5-4-6-19(23)28(30)35-27-21-15-29-11-10-18-13-25-26(34-16-33-25)14-20(18)22(29)12-17(21)8-9-24(27)31-2/h4-9,13-14,22H,3,10-12,15-16H2,1-2H3. The third kappa shape index (κ3) is 3.76. The van der Waals surface area contributed by atoms with Crippen LogP contribution in [0.15, 0.2) is 48.5 Å². The molecule has 7 heteroatoms. The minimum atomic E-state index is -0.459. The summed E-state index contributed by atoms with van der Waals surface area (Å²) in [7, 11) is 1.60. The molecule has 3 aromatic rings. The van der Waals surface area contributed by atoms with Crippen LogP contribution in [0.25, 0.3) is 0 Å². The molecule has 0 amide bonds. The van der Waals surface area contributed by atoms with E-state index in [1.165, 1.54) is 11.1 Å². The highest BCUT2D eigenvalue weighted by atomic mass is 16.7. The highest BCUT2D eigenvalue weighted by molar-refractivity contribution is 5.94. The van der Waals surface area contributed by atoms with Crippen molar-refractivity contribution >= 4 is 5.97 Å². The van der Waals surface area contributed by atoms with Crippen molar-refractivity contribution in [2.45, 2.75) is 32.4 Å². The minimum absolute atomic E-state index is 0.233. The Morgan fingerprint density at radius 2 is 1.89 bits per heavy atom. The highest BCUT2D eigenvalue weighted by Crippen LogP contribution is 2.46. The molecule has 0 spiro atoms. The molecule has 0 saturated heterocycles. The van der Waals surface area contributed by atoms with Gasteiger partial charge < -0.3 is 23.7 Å². The smallest absolute Gasteiger partial charge is 0.347 e. The van der Waals surface area contributed by atoms with Gasteiger partial charge in [0, 0.05) is 24.7 Å². The Balaban J connectivity index is 1.34. The van der Waals surface area contributed by atoms with Gasteiger partial charge in [-0.2, -0.15) is 0 Å². The van der Waals surface area contributed by atoms with Crippen molar-refractivity contribution in [2.75, 3.05) is 27.1 Å². The number of ether oxygens (including phenoxy) is 5. The number of fused-ring (bicyclic) bond motifs is 5. The number of carbonyl (C=O) groups is 1. The van der Waals surface area contributed by atoms with Crippen molar-refractivity contribution in [1.29, 1.82) is 0 Å². The van der Waals surface area contributed by atoms with Gasteiger partial charge in [-0.15, -0.1) is 0 Å². The number of hydrogen-bond donors (Lipinski definition) is 0. The first-order valence-corrected chi connectivity index (χ1v) is 12.0. The normalized spacial score (nSPS) is 17.7. The topological polar surface area (TPSA) is 66.5 Å². The maximum Gasteiger partial charge on any atom is 0.347 e. The molecule has 3 aliphatic rings. The van der Waals surface area contributed by atoms with Crippen molar-refractivity contribution in [3.63, 3.8) is 0 Å². The number of carbonyl (C=O) groups excluding carboxylic acids is 1. The fourth-order valence-corrected chi connectivity index (χ4v) is 5.33. The summed E-state index contributed by atoms with van der Waals surface area (Å²) in [6.07, 6.45) is 1.74. The lowest BCUT2D eigenvalue weighted by Crippen LogP contribution is -2.39. The fourth-order valence-electron chi connectivity index (χ4n) is 5.33. The van der Waals surface area contributed by atoms with Crippen LogP contribution in [0.2, 0.25) is 0 Å². The zero-order valence-electron chi connectivity index (χ0n) is 19.8. The molecule has 0 radical (unpaired) electrons. The number of esters is 1. The van der Waals surface area contributed by atoms with Crippen LogP contribution in [0.1, 0.15) is 45.6 Å². The van der Waals surface area contributed by atoms with Crippen LogP contribution >= 0.6 is 0 Å². The largest absolute Gasteiger partial charge is 0.493 e. The van der Waals surface area contributed by atoms with Crippen molar-refractivity contribution in [3.05, 3.63) is 76.3 Å². The summed E-state index contributed by atoms with van der Waals surface area (Å²) in [6, 6.07) is 15.6. The molecule has 180 valence electrons. The maximum absolute atomic E-state index is 13.2. The van der Waals surface area contributed by atoms with Gasteiger partial charge in [0.25, 0.3) is 0 Å². The molecule has 3 aliphatic heterocycles. The fraction of sp³-hybridized carbons (Fsp3) is 0.321. The van der Waals surface area contributed by atoms with Gasteiger partial charge in [0.2, 0.25) is 6.79 Å². The van der Waals surface area contributed by atoms with Crippen molar-refractivity contribution < 1.29 is 28.5 Å². The van der Waals surface area contributed by atoms with E-state index in [2.05, 4.69) is 23.1 Å². The van der Waals surface area contributed by atoms with Crippen LogP contribution in [0.4, 0.5) is 0 Å². The van der Waals surface area contributed by atoms with Gasteiger partial charge in [0.1, 0.15) is 11.3 Å². The van der Waals surface area contributed by atoms with Gasteiger partial charge >= 0.3 is 5.97 Å². The van der Waals surface area contributed by atoms with E-state index in [9.17, 15) is 4.79 Å². The first-order valence-electron chi connectivity index (χ1n) is 12.0. The Morgan fingerprint density at radius 3 is 2.71 bits per heavy atom. The zero-order valence-corrected chi connectivity index (χ0v) is 19.8. The second kappa shape index (κ2) is 8.82. The van der Waals surface area contributed by atoms with E-state index >= 15 is 0 Å². The van der Waals surface area contributed by atoms with E-state index in [4.69, 9.17) is 23.7 Å². The Morgan fingerprint density at radius 1 is 1.06 bits per heavy atom. The Hall–Kier alpha value is -3.71. The van der Waals surface area contributed by atoms with E-state index in [1.54, 1.807) is 25.3 Å². The molecule has 6 rings (SSSR count). The molecule has 0 aromatic heterocycles. The SMILES string of the molecule is CCOc1ccccc1C(=O)Oc1c(OC)ccc2c1CN1CCc3cc4c(cc3C1C2)OCO4. The molecular formula is C28H27NO6. The van der Waals surface area contributed by atoms with E-state index in [1.807, 2.05) is 19.1 Å². The third-order valence-electron chi connectivity index (χ3n) is 7.02. The molecule has 0 fully saturated rings. The van der Waals surface area contributed by atoms with Crippen molar-refractivity contribution in [2.24, 2.45) is 0 Å². The lowest BCUT2D eigenvalue weighted by atomic mass is 9.83. The zero-order chi connectivity index (χ0) is 23.9. The van der Waals surface area contributed by atoms with Gasteiger partial charge in [-0.1, -0.05) is 18.2 Å². The molecular weight excluding hydrogens is 446 g/mol. The Bertz CT molecular complexity index is 1300. The first kappa shape index (κ1) is 21.8. The van der Waals surface area contributed by atoms with Crippen molar-refractivity contribution in [3.8, 4) is 28.7 Å². The molecule has 0 bridgehead atoms. The predicted molar refractivity (Wildman–Crippen MR) is 129 cm³/mol. The first-order chi connectivity index (χ1) is 17.2. The van der Waals surface area contributed by atoms with Gasteiger partial charge in [-0.3, -0.25) is 4.90 Å². The third-order valence-corrected chi connectivity index (χ3v) is 7.02. The molecule has 0 saturated carbocycles. The lowest BCUT2D eigenvalue weighted by Gasteiger charge is -2.42. The lowest BCUT2D eigenvalue weighted by molar-refractivity contribution is 0.0718. The summed E-state index contributed by atoms with van der Waals surface area (Å²) >= 11 is 0. The highest BCUT2D eigenvalue weighted by Gasteiger charge is 2.36. The van der Waals surface area contributed by atoms with Crippen LogP contribution in [-0.4, -0.2) is 37.9 Å². The van der Waals surface area contributed by atoms with Crippen LogP contribution in [0, 0.1) is 0 Å².